The molecule has 0 bridgehead atoms. The molecule has 9 nitrogen and oxygen atoms in total. The summed E-state index contributed by atoms with van der Waals surface area (Å²) < 4.78 is 44.4. The second-order valence-corrected chi connectivity index (χ2v) is 8.60. The molecule has 2 amide bonds. The van der Waals surface area contributed by atoms with E-state index in [1.807, 2.05) is 0 Å². The summed E-state index contributed by atoms with van der Waals surface area (Å²) in [6.07, 6.45) is -5.55. The maximum Gasteiger partial charge on any atom is 0.435 e. The van der Waals surface area contributed by atoms with Crippen molar-refractivity contribution in [3.05, 3.63) is 34.5 Å². The van der Waals surface area contributed by atoms with E-state index >= 15 is 0 Å². The van der Waals surface area contributed by atoms with Gasteiger partial charge in [0.2, 0.25) is 5.91 Å². The number of hydrogen-bond donors (Lipinski definition) is 3. The number of thiophene rings is 1. The van der Waals surface area contributed by atoms with Crippen molar-refractivity contribution in [3.8, 4) is 5.00 Å². The number of rotatable bonds is 6. The van der Waals surface area contributed by atoms with Gasteiger partial charge < -0.3 is 20.5 Å². The number of hydrogen-bond acceptors (Lipinski definition) is 6. The number of carbonyl (C=O) groups is 3. The van der Waals surface area contributed by atoms with E-state index in [9.17, 15) is 27.6 Å². The zero-order chi connectivity index (χ0) is 23.6. The maximum absolute atomic E-state index is 12.9. The Morgan fingerprint density at radius 1 is 1.26 bits per heavy atom. The van der Waals surface area contributed by atoms with E-state index in [1.165, 1.54) is 19.1 Å². The van der Waals surface area contributed by atoms with Gasteiger partial charge in [0.15, 0.2) is 11.4 Å². The van der Waals surface area contributed by atoms with E-state index in [2.05, 4.69) is 15.7 Å². The summed E-state index contributed by atoms with van der Waals surface area (Å²) >= 11 is 0.960. The van der Waals surface area contributed by atoms with Crippen LogP contribution < -0.4 is 10.6 Å². The molecule has 0 fully saturated rings. The number of amides is 2. The molecule has 0 aliphatic heterocycles. The number of carboxylic acids is 1. The minimum absolute atomic E-state index is 0.0135. The van der Waals surface area contributed by atoms with Crippen LogP contribution in [0.5, 0.6) is 0 Å². The first-order chi connectivity index (χ1) is 14.2. The van der Waals surface area contributed by atoms with Crippen LogP contribution in [0.25, 0.3) is 5.00 Å². The molecule has 0 saturated carbocycles. The van der Waals surface area contributed by atoms with Gasteiger partial charge in [-0.25, -0.2) is 14.3 Å². The van der Waals surface area contributed by atoms with Gasteiger partial charge >= 0.3 is 18.2 Å². The Balaban J connectivity index is 2.04. The fraction of sp³-hybridized carbons (Fsp3) is 0.444. The Kier molecular flexibility index (Phi) is 6.99. The number of ether oxygens (including phenoxy) is 1. The predicted octanol–water partition coefficient (Wildman–Crippen LogP) is 3.18. The van der Waals surface area contributed by atoms with Crippen molar-refractivity contribution in [1.29, 1.82) is 0 Å². The molecule has 0 radical (unpaired) electrons. The summed E-state index contributed by atoms with van der Waals surface area (Å²) in [5, 5.41) is 17.6. The number of aromatic carboxylic acids is 1. The lowest BCUT2D eigenvalue weighted by atomic mass is 10.2. The normalized spacial score (nSPS) is 12.9. The Morgan fingerprint density at radius 2 is 1.90 bits per heavy atom. The molecule has 3 N–H and O–H groups in total. The van der Waals surface area contributed by atoms with Crippen LogP contribution in [0, 0.1) is 0 Å². The van der Waals surface area contributed by atoms with E-state index in [1.54, 1.807) is 20.8 Å². The van der Waals surface area contributed by atoms with Crippen LogP contribution in [-0.2, 0) is 22.3 Å². The molecular formula is C18H21F3N4O5S. The Morgan fingerprint density at radius 3 is 2.45 bits per heavy atom. The molecule has 2 rings (SSSR count). The summed E-state index contributed by atoms with van der Waals surface area (Å²) in [6.45, 7) is 6.51. The number of halogens is 3. The van der Waals surface area contributed by atoms with E-state index < -0.39 is 47.2 Å². The zero-order valence-corrected chi connectivity index (χ0v) is 17.8. The molecular weight excluding hydrogens is 441 g/mol. The molecule has 31 heavy (non-hydrogen) atoms. The van der Waals surface area contributed by atoms with Gasteiger partial charge in [-0.3, -0.25) is 4.79 Å². The van der Waals surface area contributed by atoms with Gasteiger partial charge in [-0.1, -0.05) is 0 Å². The van der Waals surface area contributed by atoms with Crippen molar-refractivity contribution in [3.63, 3.8) is 0 Å². The predicted molar refractivity (Wildman–Crippen MR) is 104 cm³/mol. The Bertz CT molecular complexity index is 978. The number of carboxylic acid groups (broad SMARTS) is 1. The number of nitrogens with one attached hydrogen (secondary N) is 2. The summed E-state index contributed by atoms with van der Waals surface area (Å²) in [4.78, 5) is 35.7. The van der Waals surface area contributed by atoms with E-state index in [4.69, 9.17) is 9.84 Å². The summed E-state index contributed by atoms with van der Waals surface area (Å²) in [7, 11) is 0. The average molecular weight is 462 g/mol. The second kappa shape index (κ2) is 8.96. The van der Waals surface area contributed by atoms with Crippen molar-refractivity contribution in [1.82, 2.24) is 20.4 Å². The maximum atomic E-state index is 12.9. The lowest BCUT2D eigenvalue weighted by Crippen LogP contribution is -2.46. The monoisotopic (exact) mass is 462 g/mol. The number of alkyl carbamates (subject to hydrolysis) is 1. The SMILES string of the molecule is CC(NC(=O)OC(C)(C)C)C(=O)NCc1ccc(-n2nc(C(F)(F)F)cc2C(=O)O)s1. The number of aromatic nitrogens is 2. The third kappa shape index (κ3) is 6.70. The number of carbonyl (C=O) groups excluding carboxylic acids is 2. The van der Waals surface area contributed by atoms with Crippen molar-refractivity contribution >= 4 is 29.3 Å². The fourth-order valence-electron chi connectivity index (χ4n) is 2.29. The first-order valence-electron chi connectivity index (χ1n) is 8.94. The average Bonchev–Trinajstić information content (AvgIpc) is 3.24. The molecule has 0 aliphatic rings. The molecule has 1 unspecified atom stereocenters. The standard InChI is InChI=1S/C18H21F3N4O5S/c1-9(23-16(29)30-17(2,3)4)14(26)22-8-10-5-6-13(31-10)25-11(15(27)28)7-12(24-25)18(19,20)21/h5-7,9H,8H2,1-4H3,(H,22,26)(H,23,29)(H,27,28). The molecule has 2 heterocycles. The topological polar surface area (TPSA) is 123 Å². The van der Waals surface area contributed by atoms with Gasteiger partial charge in [-0.15, -0.1) is 11.3 Å². The summed E-state index contributed by atoms with van der Waals surface area (Å²) in [5.74, 6) is -2.07. The van der Waals surface area contributed by atoms with E-state index in [0.29, 0.717) is 15.6 Å². The van der Waals surface area contributed by atoms with Gasteiger partial charge in [0.05, 0.1) is 6.54 Å². The molecule has 0 aromatic carbocycles. The third-order valence-electron chi connectivity index (χ3n) is 3.64. The van der Waals surface area contributed by atoms with Gasteiger partial charge in [-0.05, 0) is 39.8 Å². The molecule has 2 aromatic rings. The minimum atomic E-state index is -4.79. The van der Waals surface area contributed by atoms with Crippen LogP contribution in [0.15, 0.2) is 18.2 Å². The summed E-state index contributed by atoms with van der Waals surface area (Å²) in [5.41, 5.74) is -2.68. The van der Waals surface area contributed by atoms with Crippen LogP contribution in [0.2, 0.25) is 0 Å². The Labute approximate surface area is 179 Å². The minimum Gasteiger partial charge on any atom is -0.477 e. The highest BCUT2D eigenvalue weighted by Gasteiger charge is 2.36. The van der Waals surface area contributed by atoms with Gasteiger partial charge in [0, 0.05) is 10.9 Å². The first-order valence-corrected chi connectivity index (χ1v) is 9.76. The second-order valence-electron chi connectivity index (χ2n) is 7.46. The molecule has 2 aromatic heterocycles. The Hall–Kier alpha value is -3.09. The molecule has 13 heteroatoms. The van der Waals surface area contributed by atoms with Gasteiger partial charge in [-0.2, -0.15) is 18.3 Å². The largest absolute Gasteiger partial charge is 0.477 e. The highest BCUT2D eigenvalue weighted by atomic mass is 32.1. The van der Waals surface area contributed by atoms with Crippen LogP contribution >= 0.6 is 11.3 Å². The fourth-order valence-corrected chi connectivity index (χ4v) is 3.20. The number of alkyl halides is 3. The summed E-state index contributed by atoms with van der Waals surface area (Å²) in [6, 6.07) is 2.47. The van der Waals surface area contributed by atoms with Crippen LogP contribution in [0.3, 0.4) is 0 Å². The lowest BCUT2D eigenvalue weighted by Gasteiger charge is -2.21. The lowest BCUT2D eigenvalue weighted by molar-refractivity contribution is -0.141. The highest BCUT2D eigenvalue weighted by molar-refractivity contribution is 7.14. The number of nitrogens with zero attached hydrogens (tertiary/aromatic N) is 2. The van der Waals surface area contributed by atoms with Crippen molar-refractivity contribution in [2.45, 2.75) is 52.1 Å². The molecule has 170 valence electrons. The smallest absolute Gasteiger partial charge is 0.435 e. The van der Waals surface area contributed by atoms with E-state index in [0.717, 1.165) is 11.3 Å². The molecule has 0 spiro atoms. The first kappa shape index (κ1) is 24.2. The van der Waals surface area contributed by atoms with Gasteiger partial charge in [0.25, 0.3) is 0 Å². The molecule has 0 saturated heterocycles. The highest BCUT2D eigenvalue weighted by Crippen LogP contribution is 2.31. The molecule has 0 aliphatic carbocycles. The van der Waals surface area contributed by atoms with Crippen molar-refractivity contribution in [2.75, 3.05) is 0 Å². The quantitative estimate of drug-likeness (QED) is 0.606. The van der Waals surface area contributed by atoms with Crippen molar-refractivity contribution in [2.24, 2.45) is 0 Å². The van der Waals surface area contributed by atoms with Crippen LogP contribution in [-0.4, -0.2) is 44.5 Å². The van der Waals surface area contributed by atoms with Crippen molar-refractivity contribution < 1.29 is 37.4 Å². The van der Waals surface area contributed by atoms with Gasteiger partial charge in [0.1, 0.15) is 16.6 Å². The third-order valence-corrected chi connectivity index (χ3v) is 4.70. The van der Waals surface area contributed by atoms with E-state index in [-0.39, 0.29) is 11.5 Å². The van der Waals surface area contributed by atoms with Crippen LogP contribution in [0.4, 0.5) is 18.0 Å². The van der Waals surface area contributed by atoms with Crippen LogP contribution in [0.1, 0.15) is 48.8 Å². The molecule has 1 atom stereocenters. The zero-order valence-electron chi connectivity index (χ0n) is 17.0.